The van der Waals surface area contributed by atoms with E-state index in [0.717, 1.165) is 6.07 Å². The van der Waals surface area contributed by atoms with E-state index in [4.69, 9.17) is 11.6 Å². The number of alkyl halides is 5. The van der Waals surface area contributed by atoms with Gasteiger partial charge in [-0.15, -0.1) is 11.6 Å². The Morgan fingerprint density at radius 1 is 1.35 bits per heavy atom. The fourth-order valence-electron chi connectivity index (χ4n) is 1.38. The van der Waals surface area contributed by atoms with E-state index < -0.39 is 11.7 Å². The Bertz CT molecular complexity index is 418. The fourth-order valence-corrected chi connectivity index (χ4v) is 1.75. The van der Waals surface area contributed by atoms with Crippen molar-refractivity contribution in [3.8, 4) is 0 Å². The highest BCUT2D eigenvalue weighted by molar-refractivity contribution is 9.09. The lowest BCUT2D eigenvalue weighted by atomic mass is 10.00. The molecule has 17 heavy (non-hydrogen) atoms. The van der Waals surface area contributed by atoms with Crippen molar-refractivity contribution in [2.24, 2.45) is 0 Å². The summed E-state index contributed by atoms with van der Waals surface area (Å²) in [6, 6.07) is 3.80. The number of halogens is 5. The van der Waals surface area contributed by atoms with Crippen LogP contribution in [0.15, 0.2) is 18.2 Å². The molecule has 1 nitrogen and oxygen atoms in total. The lowest BCUT2D eigenvalue weighted by Crippen LogP contribution is -2.13. The maximum absolute atomic E-state index is 12.8. The highest BCUT2D eigenvalue weighted by Gasteiger charge is 2.33. The van der Waals surface area contributed by atoms with Crippen molar-refractivity contribution in [2.75, 3.05) is 5.33 Å². The first-order valence-corrected chi connectivity index (χ1v) is 6.36. The summed E-state index contributed by atoms with van der Waals surface area (Å²) in [5.41, 5.74) is -0.421. The molecular weight excluding hydrogens is 320 g/mol. The molecule has 0 aliphatic rings. The molecular formula is C11H9BrClF3O. The predicted octanol–water partition coefficient (Wildman–Crippen LogP) is 3.95. The van der Waals surface area contributed by atoms with Crippen molar-refractivity contribution in [3.63, 3.8) is 0 Å². The van der Waals surface area contributed by atoms with Crippen LogP contribution in [-0.4, -0.2) is 11.1 Å². The Morgan fingerprint density at radius 3 is 2.47 bits per heavy atom. The molecule has 0 aromatic heterocycles. The number of ketones is 1. The quantitative estimate of drug-likeness (QED) is 0.765. The molecule has 0 amide bonds. The average molecular weight is 330 g/mol. The van der Waals surface area contributed by atoms with Gasteiger partial charge in [-0.2, -0.15) is 13.2 Å². The van der Waals surface area contributed by atoms with Crippen LogP contribution in [0.1, 0.15) is 16.7 Å². The van der Waals surface area contributed by atoms with E-state index >= 15 is 0 Å². The van der Waals surface area contributed by atoms with Gasteiger partial charge in [0.25, 0.3) is 0 Å². The van der Waals surface area contributed by atoms with Gasteiger partial charge in [0.2, 0.25) is 0 Å². The van der Waals surface area contributed by atoms with Crippen LogP contribution >= 0.6 is 27.5 Å². The Kier molecular flexibility index (Phi) is 5.01. The molecule has 0 saturated carbocycles. The molecule has 0 N–H and O–H groups in total. The Balaban J connectivity index is 3.16. The second kappa shape index (κ2) is 5.87. The SMILES string of the molecule is O=C(CBr)Cc1ccc(CCl)cc1C(F)(F)F. The number of hydrogen-bond donors (Lipinski definition) is 0. The van der Waals surface area contributed by atoms with Gasteiger partial charge in [-0.05, 0) is 17.2 Å². The lowest BCUT2D eigenvalue weighted by Gasteiger charge is -2.13. The normalized spacial score (nSPS) is 11.6. The predicted molar refractivity (Wildman–Crippen MR) is 63.5 cm³/mol. The summed E-state index contributed by atoms with van der Waals surface area (Å²) in [5, 5.41) is 0.0432. The van der Waals surface area contributed by atoms with E-state index in [1.165, 1.54) is 12.1 Å². The van der Waals surface area contributed by atoms with E-state index in [9.17, 15) is 18.0 Å². The molecule has 0 heterocycles. The summed E-state index contributed by atoms with van der Waals surface area (Å²) in [6.07, 6.45) is -4.70. The molecule has 6 heteroatoms. The van der Waals surface area contributed by atoms with Gasteiger partial charge in [0.1, 0.15) is 5.78 Å². The van der Waals surface area contributed by atoms with Crippen molar-refractivity contribution in [3.05, 3.63) is 34.9 Å². The molecule has 0 atom stereocenters. The van der Waals surface area contributed by atoms with Crippen LogP contribution < -0.4 is 0 Å². The smallest absolute Gasteiger partial charge is 0.298 e. The lowest BCUT2D eigenvalue weighted by molar-refractivity contribution is -0.138. The summed E-state index contributed by atoms with van der Waals surface area (Å²) in [6.45, 7) is 0. The van der Waals surface area contributed by atoms with Gasteiger partial charge >= 0.3 is 6.18 Å². The number of carbonyl (C=O) groups is 1. The van der Waals surface area contributed by atoms with Crippen LogP contribution in [0.3, 0.4) is 0 Å². The largest absolute Gasteiger partial charge is 0.416 e. The van der Waals surface area contributed by atoms with Crippen molar-refractivity contribution in [2.45, 2.75) is 18.5 Å². The zero-order valence-electron chi connectivity index (χ0n) is 8.65. The van der Waals surface area contributed by atoms with Crippen molar-refractivity contribution >= 4 is 33.3 Å². The average Bonchev–Trinajstić information content (AvgIpc) is 2.28. The molecule has 0 saturated heterocycles. The number of benzene rings is 1. The van der Waals surface area contributed by atoms with Crippen LogP contribution in [0.25, 0.3) is 0 Å². The van der Waals surface area contributed by atoms with E-state index in [1.807, 2.05) is 0 Å². The third-order valence-electron chi connectivity index (χ3n) is 2.17. The van der Waals surface area contributed by atoms with Gasteiger partial charge < -0.3 is 0 Å². The molecule has 0 fully saturated rings. The summed E-state index contributed by atoms with van der Waals surface area (Å²) >= 11 is 8.42. The number of Topliss-reactive ketones (excluding diaryl/α,β-unsaturated/α-hetero) is 1. The molecule has 1 aromatic rings. The van der Waals surface area contributed by atoms with Crippen LogP contribution in [0.5, 0.6) is 0 Å². The second-order valence-corrected chi connectivity index (χ2v) is 4.30. The minimum absolute atomic E-state index is 0.00967. The summed E-state index contributed by atoms with van der Waals surface area (Å²) < 4.78 is 38.3. The molecule has 1 aromatic carbocycles. The molecule has 0 spiro atoms. The minimum atomic E-state index is -4.47. The standard InChI is InChI=1S/C11H9BrClF3O/c12-5-9(17)4-8-2-1-7(6-13)3-10(8)11(14,15)16/h1-3H,4-6H2. The van der Waals surface area contributed by atoms with Gasteiger partial charge in [0.05, 0.1) is 10.9 Å². The van der Waals surface area contributed by atoms with Crippen LogP contribution in [0.2, 0.25) is 0 Å². The minimum Gasteiger partial charge on any atom is -0.298 e. The summed E-state index contributed by atoms with van der Waals surface area (Å²) in [4.78, 5) is 11.2. The zero-order chi connectivity index (χ0) is 13.1. The molecule has 94 valence electrons. The molecule has 1 rings (SSSR count). The van der Waals surface area contributed by atoms with Crippen LogP contribution in [0.4, 0.5) is 13.2 Å². The Hall–Kier alpha value is -0.550. The third kappa shape index (κ3) is 4.00. The Labute approximate surface area is 110 Å². The maximum Gasteiger partial charge on any atom is 0.416 e. The van der Waals surface area contributed by atoms with Crippen LogP contribution in [0, 0.1) is 0 Å². The molecule has 0 aliphatic carbocycles. The van der Waals surface area contributed by atoms with Crippen molar-refractivity contribution in [1.29, 1.82) is 0 Å². The topological polar surface area (TPSA) is 17.1 Å². The molecule has 0 radical (unpaired) electrons. The molecule has 0 aliphatic heterocycles. The van der Waals surface area contributed by atoms with Gasteiger partial charge in [-0.25, -0.2) is 0 Å². The van der Waals surface area contributed by atoms with E-state index in [-0.39, 0.29) is 29.0 Å². The van der Waals surface area contributed by atoms with E-state index in [0.29, 0.717) is 5.56 Å². The van der Waals surface area contributed by atoms with Gasteiger partial charge in [0.15, 0.2) is 0 Å². The van der Waals surface area contributed by atoms with Crippen molar-refractivity contribution < 1.29 is 18.0 Å². The Morgan fingerprint density at radius 2 is 2.00 bits per heavy atom. The summed E-state index contributed by atoms with van der Waals surface area (Å²) in [5.74, 6) is -0.287. The second-order valence-electron chi connectivity index (χ2n) is 3.47. The highest BCUT2D eigenvalue weighted by Crippen LogP contribution is 2.33. The first kappa shape index (κ1) is 14.5. The zero-order valence-corrected chi connectivity index (χ0v) is 11.0. The van der Waals surface area contributed by atoms with Crippen molar-refractivity contribution in [1.82, 2.24) is 0 Å². The van der Waals surface area contributed by atoms with E-state index in [1.54, 1.807) is 0 Å². The molecule has 0 bridgehead atoms. The van der Waals surface area contributed by atoms with Gasteiger partial charge in [-0.1, -0.05) is 28.1 Å². The highest BCUT2D eigenvalue weighted by atomic mass is 79.9. The third-order valence-corrected chi connectivity index (χ3v) is 3.10. The number of rotatable bonds is 4. The number of hydrogen-bond acceptors (Lipinski definition) is 1. The summed E-state index contributed by atoms with van der Waals surface area (Å²) in [7, 11) is 0. The van der Waals surface area contributed by atoms with Gasteiger partial charge in [-0.3, -0.25) is 4.79 Å². The fraction of sp³-hybridized carbons (Fsp3) is 0.364. The first-order valence-electron chi connectivity index (χ1n) is 4.71. The number of carbonyl (C=O) groups excluding carboxylic acids is 1. The van der Waals surface area contributed by atoms with Gasteiger partial charge in [0, 0.05) is 12.3 Å². The molecule has 0 unspecified atom stereocenters. The monoisotopic (exact) mass is 328 g/mol. The van der Waals surface area contributed by atoms with E-state index in [2.05, 4.69) is 15.9 Å². The van der Waals surface area contributed by atoms with Crippen LogP contribution in [-0.2, 0) is 23.3 Å². The maximum atomic E-state index is 12.8. The first-order chi connectivity index (χ1) is 7.88.